The van der Waals surface area contributed by atoms with Crippen molar-refractivity contribution in [3.05, 3.63) is 0 Å². The molecule has 0 bridgehead atoms. The normalized spacial score (nSPS) is 24.4. The van der Waals surface area contributed by atoms with E-state index in [-0.39, 0.29) is 12.2 Å². The summed E-state index contributed by atoms with van der Waals surface area (Å²) in [7, 11) is 3.32. The number of ether oxygens (including phenoxy) is 5. The lowest BCUT2D eigenvalue weighted by Gasteiger charge is -2.03. The predicted molar refractivity (Wildman–Crippen MR) is 54.1 cm³/mol. The van der Waals surface area contributed by atoms with Crippen molar-refractivity contribution in [2.75, 3.05) is 53.9 Å². The summed E-state index contributed by atoms with van der Waals surface area (Å²) in [6.45, 7) is 3.72. The lowest BCUT2D eigenvalue weighted by molar-refractivity contribution is 0.0212. The summed E-state index contributed by atoms with van der Waals surface area (Å²) in [5.74, 6) is 0. The molecule has 5 nitrogen and oxygen atoms in total. The third-order valence-corrected chi connectivity index (χ3v) is 2.10. The Labute approximate surface area is 90.6 Å². The highest BCUT2D eigenvalue weighted by atomic mass is 16.6. The summed E-state index contributed by atoms with van der Waals surface area (Å²) in [5, 5.41) is 0. The van der Waals surface area contributed by atoms with Crippen molar-refractivity contribution in [2.45, 2.75) is 12.2 Å². The Morgan fingerprint density at radius 3 is 2.20 bits per heavy atom. The van der Waals surface area contributed by atoms with Gasteiger partial charge in [-0.15, -0.1) is 0 Å². The first-order valence-electron chi connectivity index (χ1n) is 5.17. The van der Waals surface area contributed by atoms with Gasteiger partial charge in [0.15, 0.2) is 0 Å². The highest BCUT2D eigenvalue weighted by Crippen LogP contribution is 2.21. The van der Waals surface area contributed by atoms with Crippen LogP contribution in [-0.2, 0) is 23.7 Å². The van der Waals surface area contributed by atoms with Gasteiger partial charge in [0, 0.05) is 14.2 Å². The molecular weight excluding hydrogens is 200 g/mol. The molecule has 0 aromatic heterocycles. The highest BCUT2D eigenvalue weighted by Gasteiger charge is 2.38. The molecule has 1 heterocycles. The maximum atomic E-state index is 5.37. The quantitative estimate of drug-likeness (QED) is 0.385. The minimum absolute atomic E-state index is 0.212. The van der Waals surface area contributed by atoms with Crippen LogP contribution < -0.4 is 0 Å². The molecule has 1 saturated heterocycles. The molecule has 0 aromatic carbocycles. The van der Waals surface area contributed by atoms with E-state index in [0.29, 0.717) is 39.6 Å². The van der Waals surface area contributed by atoms with Crippen molar-refractivity contribution in [3.63, 3.8) is 0 Å². The molecule has 90 valence electrons. The third-order valence-electron chi connectivity index (χ3n) is 2.10. The lowest BCUT2D eigenvalue weighted by Crippen LogP contribution is -2.13. The molecule has 15 heavy (non-hydrogen) atoms. The van der Waals surface area contributed by atoms with Crippen LogP contribution in [0.2, 0.25) is 0 Å². The van der Waals surface area contributed by atoms with Crippen molar-refractivity contribution < 1.29 is 23.7 Å². The van der Waals surface area contributed by atoms with E-state index in [1.165, 1.54) is 0 Å². The minimum Gasteiger partial charge on any atom is -0.382 e. The molecule has 0 N–H and O–H groups in total. The number of rotatable bonds is 10. The molecule has 0 spiro atoms. The zero-order chi connectivity index (χ0) is 10.9. The molecule has 0 saturated carbocycles. The van der Waals surface area contributed by atoms with Crippen LogP contribution in [0.25, 0.3) is 0 Å². The van der Waals surface area contributed by atoms with Crippen molar-refractivity contribution >= 4 is 0 Å². The molecule has 1 aliphatic rings. The fraction of sp³-hybridized carbons (Fsp3) is 1.00. The molecule has 0 aromatic rings. The molecule has 0 aliphatic carbocycles. The van der Waals surface area contributed by atoms with Crippen LogP contribution in [0.1, 0.15) is 0 Å². The largest absolute Gasteiger partial charge is 0.382 e. The maximum absolute atomic E-state index is 5.37. The topological polar surface area (TPSA) is 49.5 Å². The second kappa shape index (κ2) is 8.01. The first kappa shape index (κ1) is 12.9. The summed E-state index contributed by atoms with van der Waals surface area (Å²) < 4.78 is 25.7. The molecule has 2 unspecified atom stereocenters. The van der Waals surface area contributed by atoms with Crippen LogP contribution in [0.5, 0.6) is 0 Å². The molecule has 0 radical (unpaired) electrons. The Hall–Kier alpha value is -0.200. The van der Waals surface area contributed by atoms with Crippen molar-refractivity contribution in [2.24, 2.45) is 0 Å². The second-order valence-electron chi connectivity index (χ2n) is 3.35. The van der Waals surface area contributed by atoms with E-state index in [2.05, 4.69) is 0 Å². The zero-order valence-electron chi connectivity index (χ0n) is 9.44. The van der Waals surface area contributed by atoms with Crippen LogP contribution in [-0.4, -0.2) is 66.1 Å². The Morgan fingerprint density at radius 2 is 1.47 bits per heavy atom. The maximum Gasteiger partial charge on any atom is 0.110 e. The Morgan fingerprint density at radius 1 is 0.800 bits per heavy atom. The van der Waals surface area contributed by atoms with Crippen LogP contribution in [0.15, 0.2) is 0 Å². The van der Waals surface area contributed by atoms with E-state index in [0.717, 1.165) is 0 Å². The standard InChI is InChI=1S/C10H20O5/c1-11-3-4-13-5-6-14-8-10-9(15-10)7-12-2/h9-10H,3-8H2,1-2H3. The number of methoxy groups -OCH3 is 2. The summed E-state index contributed by atoms with van der Waals surface area (Å²) in [4.78, 5) is 0. The van der Waals surface area contributed by atoms with Gasteiger partial charge in [-0.1, -0.05) is 0 Å². The van der Waals surface area contributed by atoms with Gasteiger partial charge in [-0.2, -0.15) is 0 Å². The summed E-state index contributed by atoms with van der Waals surface area (Å²) in [6, 6.07) is 0. The molecule has 1 fully saturated rings. The van der Waals surface area contributed by atoms with Crippen molar-refractivity contribution in [3.8, 4) is 0 Å². The highest BCUT2D eigenvalue weighted by molar-refractivity contribution is 4.83. The second-order valence-corrected chi connectivity index (χ2v) is 3.35. The molecule has 0 amide bonds. The lowest BCUT2D eigenvalue weighted by atomic mass is 10.3. The van der Waals surface area contributed by atoms with Crippen molar-refractivity contribution in [1.82, 2.24) is 0 Å². The zero-order valence-corrected chi connectivity index (χ0v) is 9.44. The van der Waals surface area contributed by atoms with Gasteiger partial charge in [-0.3, -0.25) is 0 Å². The van der Waals surface area contributed by atoms with Gasteiger partial charge >= 0.3 is 0 Å². The van der Waals surface area contributed by atoms with E-state index < -0.39 is 0 Å². The number of hydrogen-bond acceptors (Lipinski definition) is 5. The molecule has 1 aliphatic heterocycles. The first-order valence-corrected chi connectivity index (χ1v) is 5.17. The van der Waals surface area contributed by atoms with Gasteiger partial charge in [0.1, 0.15) is 12.2 Å². The first-order chi connectivity index (χ1) is 7.38. The van der Waals surface area contributed by atoms with Crippen LogP contribution in [0.3, 0.4) is 0 Å². The smallest absolute Gasteiger partial charge is 0.110 e. The summed E-state index contributed by atoms with van der Waals surface area (Å²) in [6.07, 6.45) is 0.438. The van der Waals surface area contributed by atoms with Gasteiger partial charge in [-0.05, 0) is 0 Å². The monoisotopic (exact) mass is 220 g/mol. The summed E-state index contributed by atoms with van der Waals surface area (Å²) >= 11 is 0. The number of epoxide rings is 1. The third kappa shape index (κ3) is 6.06. The van der Waals surface area contributed by atoms with Gasteiger partial charge < -0.3 is 23.7 Å². The molecule has 5 heteroatoms. The average Bonchev–Trinajstić information content (AvgIpc) is 2.96. The van der Waals surface area contributed by atoms with Crippen LogP contribution in [0.4, 0.5) is 0 Å². The number of hydrogen-bond donors (Lipinski definition) is 0. The Balaban J connectivity index is 1.75. The van der Waals surface area contributed by atoms with Gasteiger partial charge in [0.05, 0.1) is 39.6 Å². The van der Waals surface area contributed by atoms with E-state index in [9.17, 15) is 0 Å². The fourth-order valence-corrected chi connectivity index (χ4v) is 1.20. The predicted octanol–water partition coefficient (Wildman–Crippen LogP) is 0.0798. The van der Waals surface area contributed by atoms with Gasteiger partial charge in [0.2, 0.25) is 0 Å². The Bertz CT molecular complexity index is 153. The van der Waals surface area contributed by atoms with Crippen LogP contribution >= 0.6 is 0 Å². The Kier molecular flexibility index (Phi) is 6.87. The SMILES string of the molecule is COCCOCCOCC1OC1COC. The molecule has 1 rings (SSSR count). The van der Waals surface area contributed by atoms with E-state index >= 15 is 0 Å². The fourth-order valence-electron chi connectivity index (χ4n) is 1.20. The van der Waals surface area contributed by atoms with E-state index in [4.69, 9.17) is 23.7 Å². The van der Waals surface area contributed by atoms with Gasteiger partial charge in [0.25, 0.3) is 0 Å². The molecular formula is C10H20O5. The average molecular weight is 220 g/mol. The van der Waals surface area contributed by atoms with Gasteiger partial charge in [-0.25, -0.2) is 0 Å². The minimum atomic E-state index is 0.212. The van der Waals surface area contributed by atoms with Crippen molar-refractivity contribution in [1.29, 1.82) is 0 Å². The van der Waals surface area contributed by atoms with E-state index in [1.807, 2.05) is 0 Å². The van der Waals surface area contributed by atoms with Crippen LogP contribution in [0, 0.1) is 0 Å². The van der Waals surface area contributed by atoms with E-state index in [1.54, 1.807) is 14.2 Å². The summed E-state index contributed by atoms with van der Waals surface area (Å²) in [5.41, 5.74) is 0. The molecule has 2 atom stereocenters.